The molecule has 1 aliphatic carbocycles. The zero-order valence-electron chi connectivity index (χ0n) is 8.34. The monoisotopic (exact) mass is 183 g/mol. The first kappa shape index (κ1) is 9.47. The minimum Gasteiger partial charge on any atom is -0.396 e. The molecule has 76 valence electrons. The van der Waals surface area contributed by atoms with Crippen LogP contribution in [0.4, 0.5) is 0 Å². The van der Waals surface area contributed by atoms with E-state index in [0.29, 0.717) is 6.61 Å². The first-order chi connectivity index (χ1) is 6.42. The number of rotatable bonds is 5. The van der Waals surface area contributed by atoms with E-state index in [9.17, 15) is 0 Å². The molecule has 2 atom stereocenters. The molecular formula is C11H21NO. The maximum absolute atomic E-state index is 8.84. The van der Waals surface area contributed by atoms with Gasteiger partial charge in [0.25, 0.3) is 0 Å². The van der Waals surface area contributed by atoms with E-state index in [1.807, 2.05) is 0 Å². The van der Waals surface area contributed by atoms with Crippen LogP contribution in [0.2, 0.25) is 0 Å². The van der Waals surface area contributed by atoms with Crippen LogP contribution in [-0.4, -0.2) is 24.3 Å². The van der Waals surface area contributed by atoms with Gasteiger partial charge in [-0.05, 0) is 56.9 Å². The predicted molar refractivity (Wildman–Crippen MR) is 53.6 cm³/mol. The lowest BCUT2D eigenvalue weighted by molar-refractivity contribution is 0.247. The highest BCUT2D eigenvalue weighted by atomic mass is 16.2. The van der Waals surface area contributed by atoms with Crippen LogP contribution in [0.1, 0.15) is 38.5 Å². The van der Waals surface area contributed by atoms with E-state index in [2.05, 4.69) is 5.32 Å². The Morgan fingerprint density at radius 1 is 1.31 bits per heavy atom. The van der Waals surface area contributed by atoms with Crippen molar-refractivity contribution >= 4 is 0 Å². The highest BCUT2D eigenvalue weighted by Gasteiger charge is 2.36. The molecule has 2 fully saturated rings. The molecule has 2 aliphatic rings. The summed E-state index contributed by atoms with van der Waals surface area (Å²) in [6.07, 6.45) is 7.83. The first-order valence-corrected chi connectivity index (χ1v) is 5.76. The molecule has 1 saturated carbocycles. The van der Waals surface area contributed by atoms with Crippen molar-refractivity contribution < 1.29 is 5.11 Å². The average Bonchev–Trinajstić information content (AvgIpc) is 2.82. The Bertz CT molecular complexity index is 150. The summed E-state index contributed by atoms with van der Waals surface area (Å²) in [5, 5.41) is 12.4. The molecule has 2 heteroatoms. The fourth-order valence-electron chi connectivity index (χ4n) is 2.69. The van der Waals surface area contributed by atoms with Gasteiger partial charge in [0.15, 0.2) is 0 Å². The van der Waals surface area contributed by atoms with Gasteiger partial charge in [0.1, 0.15) is 0 Å². The van der Waals surface area contributed by atoms with Crippen molar-refractivity contribution in [3.05, 3.63) is 0 Å². The van der Waals surface area contributed by atoms with Gasteiger partial charge >= 0.3 is 0 Å². The summed E-state index contributed by atoms with van der Waals surface area (Å²) in [6, 6.07) is 0.777. The third kappa shape index (κ3) is 2.44. The van der Waals surface area contributed by atoms with Crippen LogP contribution in [0, 0.1) is 11.8 Å². The third-order valence-electron chi connectivity index (χ3n) is 3.54. The summed E-state index contributed by atoms with van der Waals surface area (Å²) < 4.78 is 0. The second-order valence-electron chi connectivity index (χ2n) is 4.57. The Balaban J connectivity index is 1.80. The largest absolute Gasteiger partial charge is 0.396 e. The van der Waals surface area contributed by atoms with Gasteiger partial charge in [-0.25, -0.2) is 0 Å². The van der Waals surface area contributed by atoms with E-state index in [1.54, 1.807) is 0 Å². The smallest absolute Gasteiger partial charge is 0.0431 e. The lowest BCUT2D eigenvalue weighted by atomic mass is 9.89. The summed E-state index contributed by atoms with van der Waals surface area (Å²) in [5.41, 5.74) is 0. The van der Waals surface area contributed by atoms with Crippen molar-refractivity contribution in [2.45, 2.75) is 44.6 Å². The van der Waals surface area contributed by atoms with Gasteiger partial charge in [-0.1, -0.05) is 0 Å². The second-order valence-corrected chi connectivity index (χ2v) is 4.57. The highest BCUT2D eigenvalue weighted by molar-refractivity contribution is 4.91. The van der Waals surface area contributed by atoms with E-state index in [0.717, 1.165) is 24.3 Å². The Hall–Kier alpha value is -0.0800. The van der Waals surface area contributed by atoms with Gasteiger partial charge in [0.2, 0.25) is 0 Å². The maximum atomic E-state index is 8.84. The molecule has 0 aromatic heterocycles. The maximum Gasteiger partial charge on any atom is 0.0431 e. The number of nitrogens with one attached hydrogen (secondary N) is 1. The molecule has 0 aromatic carbocycles. The minimum atomic E-state index is 0.371. The van der Waals surface area contributed by atoms with Crippen LogP contribution in [-0.2, 0) is 0 Å². The van der Waals surface area contributed by atoms with E-state index < -0.39 is 0 Å². The van der Waals surface area contributed by atoms with Gasteiger partial charge in [0.05, 0.1) is 0 Å². The van der Waals surface area contributed by atoms with Gasteiger partial charge in [-0.2, -0.15) is 0 Å². The molecule has 0 spiro atoms. The standard InChI is InChI=1S/C11H21NO/c13-8-2-3-10(9-5-6-9)11-4-1-7-12-11/h9-13H,1-8H2. The molecule has 13 heavy (non-hydrogen) atoms. The van der Waals surface area contributed by atoms with Gasteiger partial charge in [0, 0.05) is 12.6 Å². The Morgan fingerprint density at radius 2 is 2.15 bits per heavy atom. The summed E-state index contributed by atoms with van der Waals surface area (Å²) in [4.78, 5) is 0. The van der Waals surface area contributed by atoms with Crippen LogP contribution in [0.25, 0.3) is 0 Å². The fourth-order valence-corrected chi connectivity index (χ4v) is 2.69. The Kier molecular flexibility index (Phi) is 3.23. The molecule has 1 saturated heterocycles. The Morgan fingerprint density at radius 3 is 2.69 bits per heavy atom. The number of hydrogen-bond donors (Lipinski definition) is 2. The molecule has 1 aliphatic heterocycles. The van der Waals surface area contributed by atoms with Crippen LogP contribution >= 0.6 is 0 Å². The molecule has 2 unspecified atom stereocenters. The zero-order chi connectivity index (χ0) is 9.10. The summed E-state index contributed by atoms with van der Waals surface area (Å²) in [7, 11) is 0. The quantitative estimate of drug-likeness (QED) is 0.677. The van der Waals surface area contributed by atoms with Gasteiger partial charge < -0.3 is 10.4 Å². The molecule has 0 amide bonds. The SMILES string of the molecule is OCCCC(C1CC1)C1CCCN1. The zero-order valence-corrected chi connectivity index (χ0v) is 8.34. The van der Waals surface area contributed by atoms with Crippen LogP contribution in [0.15, 0.2) is 0 Å². The van der Waals surface area contributed by atoms with Crippen LogP contribution < -0.4 is 5.32 Å². The third-order valence-corrected chi connectivity index (χ3v) is 3.54. The van der Waals surface area contributed by atoms with E-state index in [-0.39, 0.29) is 0 Å². The molecule has 1 heterocycles. The molecule has 0 radical (unpaired) electrons. The molecule has 2 N–H and O–H groups in total. The molecule has 0 bridgehead atoms. The van der Waals surface area contributed by atoms with Crippen molar-refractivity contribution in [2.24, 2.45) is 11.8 Å². The van der Waals surface area contributed by atoms with Crippen LogP contribution in [0.3, 0.4) is 0 Å². The Labute approximate surface area is 80.7 Å². The number of aliphatic hydroxyl groups excluding tert-OH is 1. The molecule has 0 aromatic rings. The second kappa shape index (κ2) is 4.43. The lowest BCUT2D eigenvalue weighted by Gasteiger charge is -2.23. The summed E-state index contributed by atoms with van der Waals surface area (Å²) in [5.74, 6) is 1.86. The van der Waals surface area contributed by atoms with Gasteiger partial charge in [-0.15, -0.1) is 0 Å². The number of hydrogen-bond acceptors (Lipinski definition) is 2. The highest BCUT2D eigenvalue weighted by Crippen LogP contribution is 2.42. The normalized spacial score (nSPS) is 30.7. The minimum absolute atomic E-state index is 0.371. The van der Waals surface area contributed by atoms with E-state index >= 15 is 0 Å². The van der Waals surface area contributed by atoms with Crippen molar-refractivity contribution in [1.82, 2.24) is 5.32 Å². The van der Waals surface area contributed by atoms with Crippen molar-refractivity contribution in [3.63, 3.8) is 0 Å². The molecule has 2 nitrogen and oxygen atoms in total. The van der Waals surface area contributed by atoms with Crippen molar-refractivity contribution in [1.29, 1.82) is 0 Å². The van der Waals surface area contributed by atoms with Crippen molar-refractivity contribution in [2.75, 3.05) is 13.2 Å². The van der Waals surface area contributed by atoms with Gasteiger partial charge in [-0.3, -0.25) is 0 Å². The average molecular weight is 183 g/mol. The van der Waals surface area contributed by atoms with Crippen molar-refractivity contribution in [3.8, 4) is 0 Å². The summed E-state index contributed by atoms with van der Waals surface area (Å²) >= 11 is 0. The topological polar surface area (TPSA) is 32.3 Å². The lowest BCUT2D eigenvalue weighted by Crippen LogP contribution is -2.31. The summed E-state index contributed by atoms with van der Waals surface area (Å²) in [6.45, 7) is 1.59. The predicted octanol–water partition coefficient (Wildman–Crippen LogP) is 1.54. The number of aliphatic hydroxyl groups is 1. The molecular weight excluding hydrogens is 162 g/mol. The molecule has 2 rings (SSSR count). The van der Waals surface area contributed by atoms with E-state index in [1.165, 1.54) is 38.6 Å². The van der Waals surface area contributed by atoms with E-state index in [4.69, 9.17) is 5.11 Å². The first-order valence-electron chi connectivity index (χ1n) is 5.76. The van der Waals surface area contributed by atoms with Crippen LogP contribution in [0.5, 0.6) is 0 Å². The fraction of sp³-hybridized carbons (Fsp3) is 1.00.